The van der Waals surface area contributed by atoms with Crippen molar-refractivity contribution in [3.05, 3.63) is 35.1 Å². The van der Waals surface area contributed by atoms with Gasteiger partial charge in [0.1, 0.15) is 0 Å². The highest BCUT2D eigenvalue weighted by Gasteiger charge is 2.16. The van der Waals surface area contributed by atoms with Gasteiger partial charge in [-0.3, -0.25) is 0 Å². The molecule has 94 valence electrons. The summed E-state index contributed by atoms with van der Waals surface area (Å²) < 4.78 is 6.38. The summed E-state index contributed by atoms with van der Waals surface area (Å²) in [7, 11) is 1.71. The van der Waals surface area contributed by atoms with Crippen molar-refractivity contribution in [1.82, 2.24) is 14.8 Å². The third-order valence-electron chi connectivity index (χ3n) is 2.30. The Morgan fingerprint density at radius 2 is 2.28 bits per heavy atom. The van der Waals surface area contributed by atoms with Gasteiger partial charge in [0.15, 0.2) is 5.82 Å². The molecule has 0 aliphatic rings. The fourth-order valence-corrected chi connectivity index (χ4v) is 1.74. The molecule has 0 fully saturated rings. The van der Waals surface area contributed by atoms with Crippen molar-refractivity contribution in [2.45, 2.75) is 6.92 Å². The lowest BCUT2D eigenvalue weighted by Crippen LogP contribution is -2.07. The Morgan fingerprint density at radius 1 is 1.50 bits per heavy atom. The van der Waals surface area contributed by atoms with Crippen LogP contribution in [0.1, 0.15) is 17.5 Å². The highest BCUT2D eigenvalue weighted by atomic mass is 35.5. The second-order valence-electron chi connectivity index (χ2n) is 3.61. The van der Waals surface area contributed by atoms with E-state index in [4.69, 9.17) is 16.3 Å². The predicted octanol–water partition coefficient (Wildman–Crippen LogP) is 2.31. The van der Waals surface area contributed by atoms with Gasteiger partial charge in [-0.2, -0.15) is 0 Å². The van der Waals surface area contributed by atoms with Crippen LogP contribution in [0.4, 0.5) is 0 Å². The zero-order valence-corrected chi connectivity index (χ0v) is 10.8. The summed E-state index contributed by atoms with van der Waals surface area (Å²) in [5, 5.41) is 4.63. The topological polar surface area (TPSA) is 57.0 Å². The van der Waals surface area contributed by atoms with E-state index in [9.17, 15) is 4.79 Å². The molecule has 0 atom stereocenters. The molecule has 18 heavy (non-hydrogen) atoms. The van der Waals surface area contributed by atoms with Crippen LogP contribution in [0.3, 0.4) is 0 Å². The van der Waals surface area contributed by atoms with Gasteiger partial charge < -0.3 is 4.74 Å². The van der Waals surface area contributed by atoms with Crippen LogP contribution in [0.5, 0.6) is 0 Å². The minimum absolute atomic E-state index is 0.0503. The van der Waals surface area contributed by atoms with Crippen LogP contribution in [-0.2, 0) is 11.8 Å². The summed E-state index contributed by atoms with van der Waals surface area (Å²) in [5.74, 6) is 0.0938. The highest BCUT2D eigenvalue weighted by Crippen LogP contribution is 2.20. The van der Waals surface area contributed by atoms with Crippen LogP contribution in [-0.4, -0.2) is 27.3 Å². The second kappa shape index (κ2) is 5.18. The van der Waals surface area contributed by atoms with Crippen LogP contribution in [0.2, 0.25) is 5.02 Å². The summed E-state index contributed by atoms with van der Waals surface area (Å²) in [4.78, 5) is 15.7. The van der Waals surface area contributed by atoms with Crippen LogP contribution >= 0.6 is 11.6 Å². The van der Waals surface area contributed by atoms with E-state index < -0.39 is 5.97 Å². The fraction of sp³-hybridized carbons (Fsp3) is 0.250. The predicted molar refractivity (Wildman–Crippen MR) is 67.4 cm³/mol. The number of carbonyl (C=O) groups excluding carboxylic acids is 1. The lowest BCUT2D eigenvalue weighted by molar-refractivity contribution is 0.0512. The van der Waals surface area contributed by atoms with Gasteiger partial charge in [-0.15, -0.1) is 5.10 Å². The number of aromatic nitrogens is 3. The maximum atomic E-state index is 11.5. The van der Waals surface area contributed by atoms with Crippen molar-refractivity contribution < 1.29 is 9.53 Å². The number of halogens is 1. The van der Waals surface area contributed by atoms with E-state index in [1.807, 2.05) is 12.1 Å². The van der Waals surface area contributed by atoms with E-state index in [0.717, 1.165) is 5.56 Å². The molecular weight excluding hydrogens is 254 g/mol. The normalized spacial score (nSPS) is 10.4. The fourth-order valence-electron chi connectivity index (χ4n) is 1.55. The minimum Gasteiger partial charge on any atom is -0.460 e. The average molecular weight is 266 g/mol. The molecule has 2 aromatic rings. The molecule has 0 aliphatic heterocycles. The molecule has 5 nitrogen and oxygen atoms in total. The van der Waals surface area contributed by atoms with E-state index >= 15 is 0 Å². The zero-order chi connectivity index (χ0) is 13.1. The van der Waals surface area contributed by atoms with Gasteiger partial charge in [0.2, 0.25) is 0 Å². The number of carbonyl (C=O) groups is 1. The first-order valence-electron chi connectivity index (χ1n) is 5.46. The monoisotopic (exact) mass is 265 g/mol. The van der Waals surface area contributed by atoms with Gasteiger partial charge >= 0.3 is 5.97 Å². The molecule has 0 radical (unpaired) electrons. The first-order valence-corrected chi connectivity index (χ1v) is 5.83. The van der Waals surface area contributed by atoms with E-state index in [1.165, 1.54) is 4.68 Å². The zero-order valence-electron chi connectivity index (χ0n) is 10.1. The van der Waals surface area contributed by atoms with Gasteiger partial charge in [-0.05, 0) is 19.1 Å². The van der Waals surface area contributed by atoms with Crippen molar-refractivity contribution in [3.63, 3.8) is 0 Å². The summed E-state index contributed by atoms with van der Waals surface area (Å²) in [6.07, 6.45) is 0. The Bertz CT molecular complexity index is 580. The quantitative estimate of drug-likeness (QED) is 0.799. The Morgan fingerprint density at radius 3 is 2.94 bits per heavy atom. The van der Waals surface area contributed by atoms with Gasteiger partial charge in [0.05, 0.1) is 6.61 Å². The molecular formula is C12H12ClN3O2. The molecule has 0 amide bonds. The van der Waals surface area contributed by atoms with E-state index in [-0.39, 0.29) is 5.82 Å². The molecule has 0 aliphatic carbocycles. The maximum absolute atomic E-state index is 11.5. The van der Waals surface area contributed by atoms with Crippen molar-refractivity contribution in [1.29, 1.82) is 0 Å². The lowest BCUT2D eigenvalue weighted by atomic mass is 10.2. The van der Waals surface area contributed by atoms with Crippen molar-refractivity contribution >= 4 is 17.6 Å². The Hall–Kier alpha value is -1.88. The summed E-state index contributed by atoms with van der Waals surface area (Å²) in [6.45, 7) is 2.03. The van der Waals surface area contributed by atoms with E-state index in [1.54, 1.807) is 26.1 Å². The molecule has 1 aromatic heterocycles. The molecule has 0 saturated heterocycles. The lowest BCUT2D eigenvalue weighted by Gasteiger charge is -1.99. The number of ether oxygens (including phenoxy) is 1. The summed E-state index contributed by atoms with van der Waals surface area (Å²) in [6, 6.07) is 7.20. The van der Waals surface area contributed by atoms with Gasteiger partial charge in [0.25, 0.3) is 5.82 Å². The van der Waals surface area contributed by atoms with Crippen molar-refractivity contribution in [2.24, 2.45) is 7.05 Å². The first kappa shape index (κ1) is 12.6. The van der Waals surface area contributed by atoms with E-state index in [2.05, 4.69) is 10.1 Å². The van der Waals surface area contributed by atoms with Crippen molar-refractivity contribution in [2.75, 3.05) is 6.61 Å². The van der Waals surface area contributed by atoms with Crippen LogP contribution in [0.25, 0.3) is 11.4 Å². The number of rotatable bonds is 3. The minimum atomic E-state index is -0.527. The molecule has 2 rings (SSSR count). The third kappa shape index (κ3) is 2.51. The molecule has 6 heteroatoms. The summed E-state index contributed by atoms with van der Waals surface area (Å²) in [5.41, 5.74) is 0.799. The standard InChI is InChI=1S/C12H12ClN3O2/c1-3-18-12(17)10-14-11(16(2)15-10)8-5-4-6-9(13)7-8/h4-7H,3H2,1-2H3. The molecule has 1 aromatic carbocycles. The van der Waals surface area contributed by atoms with Gasteiger partial charge in [-0.25, -0.2) is 14.5 Å². The number of esters is 1. The average Bonchev–Trinajstić information content (AvgIpc) is 2.72. The molecule has 0 unspecified atom stereocenters. The molecule has 0 saturated carbocycles. The van der Waals surface area contributed by atoms with Crippen LogP contribution in [0.15, 0.2) is 24.3 Å². The molecule has 1 heterocycles. The Balaban J connectivity index is 2.38. The van der Waals surface area contributed by atoms with Gasteiger partial charge in [-0.1, -0.05) is 23.7 Å². The molecule has 0 bridgehead atoms. The second-order valence-corrected chi connectivity index (χ2v) is 4.05. The largest absolute Gasteiger partial charge is 0.460 e. The Labute approximate surface area is 109 Å². The van der Waals surface area contributed by atoms with Crippen LogP contribution in [0, 0.1) is 0 Å². The van der Waals surface area contributed by atoms with Gasteiger partial charge in [0, 0.05) is 17.6 Å². The maximum Gasteiger partial charge on any atom is 0.378 e. The highest BCUT2D eigenvalue weighted by molar-refractivity contribution is 6.30. The van der Waals surface area contributed by atoms with Crippen molar-refractivity contribution in [3.8, 4) is 11.4 Å². The van der Waals surface area contributed by atoms with E-state index in [0.29, 0.717) is 17.5 Å². The summed E-state index contributed by atoms with van der Waals surface area (Å²) >= 11 is 5.92. The molecule has 0 spiro atoms. The Kier molecular flexibility index (Phi) is 3.62. The number of hydrogen-bond donors (Lipinski definition) is 0. The number of hydrogen-bond acceptors (Lipinski definition) is 4. The van der Waals surface area contributed by atoms with Crippen LogP contribution < -0.4 is 0 Å². The number of benzene rings is 1. The third-order valence-corrected chi connectivity index (χ3v) is 2.54. The SMILES string of the molecule is CCOC(=O)c1nc(-c2cccc(Cl)c2)n(C)n1. The molecule has 0 N–H and O–H groups in total. The number of nitrogens with zero attached hydrogens (tertiary/aromatic N) is 3. The smallest absolute Gasteiger partial charge is 0.378 e. The number of aryl methyl sites for hydroxylation is 1. The first-order chi connectivity index (χ1) is 8.61.